The van der Waals surface area contributed by atoms with Crippen molar-refractivity contribution in [2.24, 2.45) is 5.10 Å². The summed E-state index contributed by atoms with van der Waals surface area (Å²) in [4.78, 5) is 0. The summed E-state index contributed by atoms with van der Waals surface area (Å²) in [6.45, 7) is 1.97. The van der Waals surface area contributed by atoms with Crippen LogP contribution in [0.25, 0.3) is 11.4 Å². The van der Waals surface area contributed by atoms with Crippen molar-refractivity contribution in [1.29, 1.82) is 0 Å². The van der Waals surface area contributed by atoms with E-state index in [0.717, 1.165) is 11.1 Å². The molecule has 0 bridgehead atoms. The molecule has 7 heteroatoms. The lowest BCUT2D eigenvalue weighted by atomic mass is 10.1. The fourth-order valence-corrected chi connectivity index (χ4v) is 2.54. The van der Waals surface area contributed by atoms with Crippen LogP contribution in [0.2, 0.25) is 5.02 Å². The second-order valence-electron chi connectivity index (χ2n) is 4.86. The van der Waals surface area contributed by atoms with Gasteiger partial charge in [0.05, 0.1) is 11.2 Å². The molecule has 2 aromatic carbocycles. The average Bonchev–Trinajstić information content (AvgIpc) is 2.88. The Morgan fingerprint density at radius 2 is 2.04 bits per heavy atom. The van der Waals surface area contributed by atoms with Gasteiger partial charge in [0.2, 0.25) is 4.77 Å². The van der Waals surface area contributed by atoms with Crippen molar-refractivity contribution in [3.63, 3.8) is 0 Å². The lowest BCUT2D eigenvalue weighted by molar-refractivity contribution is 0.625. The van der Waals surface area contributed by atoms with Crippen molar-refractivity contribution in [3.8, 4) is 11.4 Å². The van der Waals surface area contributed by atoms with E-state index in [1.54, 1.807) is 6.07 Å². The molecule has 0 atom stereocenters. The Morgan fingerprint density at radius 1 is 1.26 bits per heavy atom. The zero-order valence-electron chi connectivity index (χ0n) is 12.1. The Hall–Kier alpha value is -2.31. The zero-order valence-corrected chi connectivity index (χ0v) is 13.7. The van der Waals surface area contributed by atoms with Gasteiger partial charge in [-0.25, -0.2) is 9.49 Å². The first kappa shape index (κ1) is 15.6. The van der Waals surface area contributed by atoms with Crippen LogP contribution < -0.4 is 0 Å². The molecule has 23 heavy (non-hydrogen) atoms. The van der Waals surface area contributed by atoms with Crippen LogP contribution in [0.1, 0.15) is 11.1 Å². The molecule has 0 radical (unpaired) electrons. The molecule has 4 nitrogen and oxygen atoms in total. The summed E-state index contributed by atoms with van der Waals surface area (Å²) in [5.41, 5.74) is 2.12. The normalized spacial score (nSPS) is 11.3. The molecule has 0 fully saturated rings. The molecule has 3 aromatic rings. The number of hydrogen-bond donors (Lipinski definition) is 1. The van der Waals surface area contributed by atoms with Crippen LogP contribution in [0.15, 0.2) is 47.6 Å². The Morgan fingerprint density at radius 3 is 2.78 bits per heavy atom. The maximum absolute atomic E-state index is 13.8. The van der Waals surface area contributed by atoms with Crippen molar-refractivity contribution in [2.75, 3.05) is 0 Å². The highest BCUT2D eigenvalue weighted by molar-refractivity contribution is 7.71. The summed E-state index contributed by atoms with van der Waals surface area (Å²) in [6.07, 6.45) is 1.34. The number of aromatic nitrogens is 3. The molecule has 0 saturated carbocycles. The van der Waals surface area contributed by atoms with E-state index in [0.29, 0.717) is 10.6 Å². The second-order valence-corrected chi connectivity index (χ2v) is 5.65. The smallest absolute Gasteiger partial charge is 0.216 e. The number of rotatable bonds is 3. The van der Waals surface area contributed by atoms with E-state index >= 15 is 0 Å². The molecule has 1 aromatic heterocycles. The number of aryl methyl sites for hydroxylation is 1. The Bertz CT molecular complexity index is 925. The van der Waals surface area contributed by atoms with Crippen LogP contribution in [-0.2, 0) is 0 Å². The molecule has 0 saturated heterocycles. The standard InChI is InChI=1S/C16H12ClFN4S/c1-10-5-2-3-6-11(10)15-20-21-16(23)22(15)19-9-12-13(17)7-4-8-14(12)18/h2-9H,1H3,(H,21,23)/b19-9-. The lowest BCUT2D eigenvalue weighted by Crippen LogP contribution is -1.98. The van der Waals surface area contributed by atoms with Gasteiger partial charge in [-0.3, -0.25) is 0 Å². The SMILES string of the molecule is Cc1ccccc1-c1n[nH]c(=S)n1/N=C\c1c(F)cccc1Cl. The molecule has 1 N–H and O–H groups in total. The monoisotopic (exact) mass is 346 g/mol. The maximum atomic E-state index is 13.8. The number of H-pyrrole nitrogens is 1. The van der Waals surface area contributed by atoms with Crippen LogP contribution >= 0.6 is 23.8 Å². The fraction of sp³-hybridized carbons (Fsp3) is 0.0625. The van der Waals surface area contributed by atoms with Gasteiger partial charge in [-0.15, -0.1) is 0 Å². The van der Waals surface area contributed by atoms with Gasteiger partial charge in [0.25, 0.3) is 0 Å². The Balaban J connectivity index is 2.09. The van der Waals surface area contributed by atoms with E-state index in [4.69, 9.17) is 23.8 Å². The van der Waals surface area contributed by atoms with E-state index in [1.165, 1.54) is 23.0 Å². The van der Waals surface area contributed by atoms with Gasteiger partial charge in [-0.05, 0) is 36.8 Å². The summed E-state index contributed by atoms with van der Waals surface area (Å²) >= 11 is 11.2. The number of hydrogen-bond acceptors (Lipinski definition) is 3. The minimum atomic E-state index is -0.450. The van der Waals surface area contributed by atoms with E-state index in [9.17, 15) is 4.39 Å². The number of halogens is 2. The highest BCUT2D eigenvalue weighted by Crippen LogP contribution is 2.22. The van der Waals surface area contributed by atoms with Crippen molar-refractivity contribution in [2.45, 2.75) is 6.92 Å². The molecule has 0 amide bonds. The summed E-state index contributed by atoms with van der Waals surface area (Å²) in [5.74, 6) is 0.102. The molecular weight excluding hydrogens is 335 g/mol. The van der Waals surface area contributed by atoms with E-state index < -0.39 is 5.82 Å². The van der Waals surface area contributed by atoms with E-state index in [-0.39, 0.29) is 10.6 Å². The average molecular weight is 347 g/mol. The Labute approximate surface area is 142 Å². The predicted molar refractivity (Wildman–Crippen MR) is 92.0 cm³/mol. The van der Waals surface area contributed by atoms with Crippen molar-refractivity contribution >= 4 is 30.0 Å². The van der Waals surface area contributed by atoms with Gasteiger partial charge >= 0.3 is 0 Å². The summed E-state index contributed by atoms with van der Waals surface area (Å²) in [6, 6.07) is 12.2. The van der Waals surface area contributed by atoms with E-state index in [2.05, 4.69) is 15.3 Å². The third-order valence-electron chi connectivity index (χ3n) is 3.34. The first-order valence-electron chi connectivity index (χ1n) is 6.79. The molecule has 0 aliphatic rings. The van der Waals surface area contributed by atoms with Gasteiger partial charge in [0, 0.05) is 11.1 Å². The minimum Gasteiger partial charge on any atom is -0.250 e. The topological polar surface area (TPSA) is 46.0 Å². The van der Waals surface area contributed by atoms with Crippen molar-refractivity contribution in [1.82, 2.24) is 14.9 Å². The van der Waals surface area contributed by atoms with Gasteiger partial charge in [0.1, 0.15) is 5.82 Å². The number of aromatic amines is 1. The molecule has 116 valence electrons. The number of nitrogens with zero attached hydrogens (tertiary/aromatic N) is 3. The number of nitrogens with one attached hydrogen (secondary N) is 1. The molecule has 1 heterocycles. The van der Waals surface area contributed by atoms with Gasteiger partial charge in [0.15, 0.2) is 5.82 Å². The second kappa shape index (κ2) is 6.44. The first-order chi connectivity index (χ1) is 11.1. The quantitative estimate of drug-likeness (QED) is 0.557. The highest BCUT2D eigenvalue weighted by atomic mass is 35.5. The van der Waals surface area contributed by atoms with Crippen molar-refractivity contribution < 1.29 is 4.39 Å². The molecule has 3 rings (SSSR count). The fourth-order valence-electron chi connectivity index (χ4n) is 2.15. The highest BCUT2D eigenvalue weighted by Gasteiger charge is 2.11. The Kier molecular flexibility index (Phi) is 4.36. The molecule has 0 unspecified atom stereocenters. The van der Waals surface area contributed by atoms with Crippen LogP contribution in [-0.4, -0.2) is 21.1 Å². The minimum absolute atomic E-state index is 0.202. The molecule has 0 spiro atoms. The summed E-state index contributed by atoms with van der Waals surface area (Å²) in [7, 11) is 0. The maximum Gasteiger partial charge on any atom is 0.216 e. The van der Waals surface area contributed by atoms with Gasteiger partial charge < -0.3 is 0 Å². The predicted octanol–water partition coefficient (Wildman–Crippen LogP) is 4.59. The van der Waals surface area contributed by atoms with E-state index in [1.807, 2.05) is 31.2 Å². The number of benzene rings is 2. The zero-order chi connectivity index (χ0) is 16.4. The molecule has 0 aliphatic heterocycles. The largest absolute Gasteiger partial charge is 0.250 e. The molecule has 0 aliphatic carbocycles. The third-order valence-corrected chi connectivity index (χ3v) is 3.93. The van der Waals surface area contributed by atoms with Crippen LogP contribution in [0.3, 0.4) is 0 Å². The van der Waals surface area contributed by atoms with Crippen molar-refractivity contribution in [3.05, 3.63) is 69.2 Å². The first-order valence-corrected chi connectivity index (χ1v) is 7.58. The summed E-state index contributed by atoms with van der Waals surface area (Å²) in [5, 5.41) is 11.4. The summed E-state index contributed by atoms with van der Waals surface area (Å²) < 4.78 is 15.6. The van der Waals surface area contributed by atoms with Crippen LogP contribution in [0, 0.1) is 17.5 Å². The molecular formula is C16H12ClFN4S. The van der Waals surface area contributed by atoms with Crippen LogP contribution in [0.4, 0.5) is 4.39 Å². The lowest BCUT2D eigenvalue weighted by Gasteiger charge is -2.04. The van der Waals surface area contributed by atoms with Crippen LogP contribution in [0.5, 0.6) is 0 Å². The van der Waals surface area contributed by atoms with Gasteiger partial charge in [-0.2, -0.15) is 14.9 Å². The van der Waals surface area contributed by atoms with Gasteiger partial charge in [-0.1, -0.05) is 41.9 Å². The third kappa shape index (κ3) is 3.09.